The fourth-order valence-corrected chi connectivity index (χ4v) is 4.01. The Bertz CT molecular complexity index is 825. The quantitative estimate of drug-likeness (QED) is 0.166. The summed E-state index contributed by atoms with van der Waals surface area (Å²) in [7, 11) is 2.90. The molecular weight excluding hydrogens is 394 g/mol. The molecule has 0 aliphatic heterocycles. The molecule has 0 saturated carbocycles. The molecule has 6 heteroatoms. The van der Waals surface area contributed by atoms with Crippen molar-refractivity contribution in [3.63, 3.8) is 0 Å². The SMILES string of the molecule is CCCCCCCCCCCCC(=NO)C1=CC(=O)c2c(OC)ccc(OC)c2C1=O. The van der Waals surface area contributed by atoms with Gasteiger partial charge in [-0.05, 0) is 31.1 Å². The van der Waals surface area contributed by atoms with Gasteiger partial charge in [-0.15, -0.1) is 0 Å². The van der Waals surface area contributed by atoms with E-state index in [1.165, 1.54) is 65.2 Å². The minimum Gasteiger partial charge on any atom is -0.496 e. The monoisotopic (exact) mass is 429 g/mol. The third kappa shape index (κ3) is 6.42. The third-order valence-electron chi connectivity index (χ3n) is 5.76. The average Bonchev–Trinajstić information content (AvgIpc) is 2.79. The number of hydrogen-bond acceptors (Lipinski definition) is 6. The first-order chi connectivity index (χ1) is 15.1. The largest absolute Gasteiger partial charge is 0.496 e. The van der Waals surface area contributed by atoms with Crippen LogP contribution in [0.2, 0.25) is 0 Å². The number of oxime groups is 1. The lowest BCUT2D eigenvalue weighted by molar-refractivity contribution is 0.0983. The van der Waals surface area contributed by atoms with Crippen LogP contribution < -0.4 is 9.47 Å². The highest BCUT2D eigenvalue weighted by molar-refractivity contribution is 6.37. The minimum absolute atomic E-state index is 0.127. The second kappa shape index (κ2) is 12.9. The lowest BCUT2D eigenvalue weighted by Gasteiger charge is -2.20. The van der Waals surface area contributed by atoms with Crippen molar-refractivity contribution in [2.75, 3.05) is 14.2 Å². The number of allylic oxidation sites excluding steroid dienone is 2. The highest BCUT2D eigenvalue weighted by Crippen LogP contribution is 2.36. The van der Waals surface area contributed by atoms with E-state index < -0.39 is 0 Å². The molecule has 0 fully saturated rings. The van der Waals surface area contributed by atoms with Gasteiger partial charge in [0.05, 0.1) is 36.6 Å². The van der Waals surface area contributed by atoms with Gasteiger partial charge in [0.25, 0.3) is 0 Å². The van der Waals surface area contributed by atoms with E-state index in [9.17, 15) is 14.8 Å². The molecule has 0 amide bonds. The van der Waals surface area contributed by atoms with Crippen LogP contribution in [0, 0.1) is 0 Å². The molecule has 1 N–H and O–H groups in total. The van der Waals surface area contributed by atoms with Gasteiger partial charge in [-0.3, -0.25) is 9.59 Å². The maximum Gasteiger partial charge on any atom is 0.199 e. The van der Waals surface area contributed by atoms with Gasteiger partial charge in [0.2, 0.25) is 0 Å². The summed E-state index contributed by atoms with van der Waals surface area (Å²) < 4.78 is 10.6. The second-order valence-corrected chi connectivity index (χ2v) is 7.95. The van der Waals surface area contributed by atoms with E-state index in [1.807, 2.05) is 0 Å². The Balaban J connectivity index is 1.94. The van der Waals surface area contributed by atoms with Gasteiger partial charge in [0.1, 0.15) is 11.5 Å². The fraction of sp³-hybridized carbons (Fsp3) is 0.560. The highest BCUT2D eigenvalue weighted by atomic mass is 16.5. The summed E-state index contributed by atoms with van der Waals surface area (Å²) in [5, 5.41) is 12.9. The molecule has 1 aliphatic carbocycles. The molecule has 2 rings (SSSR count). The second-order valence-electron chi connectivity index (χ2n) is 7.95. The molecule has 0 spiro atoms. The highest BCUT2D eigenvalue weighted by Gasteiger charge is 2.33. The molecule has 0 atom stereocenters. The van der Waals surface area contributed by atoms with Crippen LogP contribution in [0.25, 0.3) is 0 Å². The number of fused-ring (bicyclic) bond motifs is 1. The van der Waals surface area contributed by atoms with E-state index in [2.05, 4.69) is 12.1 Å². The Kier molecular flexibility index (Phi) is 10.3. The number of Topliss-reactive ketones (excluding diaryl/α,β-unsaturated/α-hetero) is 1. The predicted octanol–water partition coefficient (Wildman–Crippen LogP) is 6.15. The number of ketones is 2. The van der Waals surface area contributed by atoms with Gasteiger partial charge in [0.15, 0.2) is 11.6 Å². The van der Waals surface area contributed by atoms with E-state index in [-0.39, 0.29) is 34.0 Å². The normalized spacial score (nSPS) is 13.8. The number of carbonyl (C=O) groups is 2. The molecule has 31 heavy (non-hydrogen) atoms. The molecule has 0 unspecified atom stereocenters. The molecule has 0 bridgehead atoms. The lowest BCUT2D eigenvalue weighted by atomic mass is 9.85. The number of nitrogens with zero attached hydrogens (tertiary/aromatic N) is 1. The Labute approximate surface area is 185 Å². The Morgan fingerprint density at radius 1 is 0.839 bits per heavy atom. The maximum atomic E-state index is 13.1. The van der Waals surface area contributed by atoms with Gasteiger partial charge in [0, 0.05) is 0 Å². The van der Waals surface area contributed by atoms with Gasteiger partial charge < -0.3 is 14.7 Å². The van der Waals surface area contributed by atoms with Crippen LogP contribution in [0.4, 0.5) is 0 Å². The summed E-state index contributed by atoms with van der Waals surface area (Å²) in [6, 6.07) is 3.20. The van der Waals surface area contributed by atoms with E-state index in [1.54, 1.807) is 12.1 Å². The van der Waals surface area contributed by atoms with Gasteiger partial charge in [-0.25, -0.2) is 0 Å². The van der Waals surface area contributed by atoms with E-state index in [0.717, 1.165) is 19.3 Å². The fourth-order valence-electron chi connectivity index (χ4n) is 4.01. The molecule has 1 aromatic carbocycles. The van der Waals surface area contributed by atoms with Gasteiger partial charge >= 0.3 is 0 Å². The van der Waals surface area contributed by atoms with Crippen molar-refractivity contribution in [1.29, 1.82) is 0 Å². The number of benzene rings is 1. The number of unbranched alkanes of at least 4 members (excludes halogenated alkanes) is 9. The van der Waals surface area contributed by atoms with E-state index >= 15 is 0 Å². The molecular formula is C25H35NO5. The first kappa shape index (κ1) is 24.6. The van der Waals surface area contributed by atoms with Crippen LogP contribution in [0.1, 0.15) is 98.3 Å². The Morgan fingerprint density at radius 3 is 1.87 bits per heavy atom. The van der Waals surface area contributed by atoms with E-state index in [4.69, 9.17) is 9.47 Å². The van der Waals surface area contributed by atoms with Crippen molar-refractivity contribution < 1.29 is 24.3 Å². The molecule has 1 aliphatic rings. The van der Waals surface area contributed by atoms with Crippen LogP contribution in [0.15, 0.2) is 28.9 Å². The molecule has 0 saturated heterocycles. The van der Waals surface area contributed by atoms with Gasteiger partial charge in [-0.2, -0.15) is 0 Å². The number of methoxy groups -OCH3 is 2. The summed E-state index contributed by atoms with van der Waals surface area (Å²) in [4.78, 5) is 25.9. The zero-order valence-corrected chi connectivity index (χ0v) is 19.0. The Hall–Kier alpha value is -2.63. The minimum atomic E-state index is -0.384. The van der Waals surface area contributed by atoms with E-state index in [0.29, 0.717) is 17.9 Å². The van der Waals surface area contributed by atoms with Crippen molar-refractivity contribution in [3.05, 3.63) is 34.9 Å². The Morgan fingerprint density at radius 2 is 1.35 bits per heavy atom. The first-order valence-electron chi connectivity index (χ1n) is 11.4. The van der Waals surface area contributed by atoms with Crippen LogP contribution in [-0.4, -0.2) is 36.7 Å². The standard InChI is InChI=1S/C25H35NO5/c1-4-5-6-7-8-9-10-11-12-13-14-19(26-29)18-17-20(27)23-21(30-2)15-16-22(31-3)24(23)25(18)28/h15-17,29H,4-14H2,1-3H3. The van der Waals surface area contributed by atoms with Crippen LogP contribution in [-0.2, 0) is 0 Å². The molecule has 0 aromatic heterocycles. The number of hydrogen-bond donors (Lipinski definition) is 1. The average molecular weight is 430 g/mol. The molecule has 170 valence electrons. The number of carbonyl (C=O) groups excluding carboxylic acids is 2. The van der Waals surface area contributed by atoms with Gasteiger partial charge in [-0.1, -0.05) is 69.9 Å². The smallest absolute Gasteiger partial charge is 0.199 e. The maximum absolute atomic E-state index is 13.1. The van der Waals surface area contributed by atoms with Crippen molar-refractivity contribution in [2.24, 2.45) is 5.16 Å². The zero-order chi connectivity index (χ0) is 22.6. The molecule has 1 aromatic rings. The van der Waals surface area contributed by atoms with Crippen LogP contribution in [0.5, 0.6) is 11.5 Å². The summed E-state index contributed by atoms with van der Waals surface area (Å²) in [6.07, 6.45) is 13.6. The molecule has 0 radical (unpaired) electrons. The molecule has 0 heterocycles. The lowest BCUT2D eigenvalue weighted by Crippen LogP contribution is -2.23. The van der Waals surface area contributed by atoms with Crippen molar-refractivity contribution in [2.45, 2.75) is 77.6 Å². The predicted molar refractivity (Wildman–Crippen MR) is 122 cm³/mol. The third-order valence-corrected chi connectivity index (χ3v) is 5.76. The summed E-state index contributed by atoms with van der Waals surface area (Å²) in [5.41, 5.74) is 0.719. The number of ether oxygens (including phenoxy) is 2. The van der Waals surface area contributed by atoms with Crippen LogP contribution >= 0.6 is 0 Å². The summed E-state index contributed by atoms with van der Waals surface area (Å²) >= 11 is 0. The topological polar surface area (TPSA) is 85.2 Å². The van der Waals surface area contributed by atoms with Crippen molar-refractivity contribution in [3.8, 4) is 11.5 Å². The number of rotatable bonds is 14. The zero-order valence-electron chi connectivity index (χ0n) is 19.0. The summed E-state index contributed by atoms with van der Waals surface area (Å²) in [5.74, 6) is -0.118. The molecule has 6 nitrogen and oxygen atoms in total. The van der Waals surface area contributed by atoms with Crippen LogP contribution in [0.3, 0.4) is 0 Å². The summed E-state index contributed by atoms with van der Waals surface area (Å²) in [6.45, 7) is 2.23. The van der Waals surface area contributed by atoms with Crippen molar-refractivity contribution >= 4 is 17.3 Å². The first-order valence-corrected chi connectivity index (χ1v) is 11.4. The van der Waals surface area contributed by atoms with Crippen molar-refractivity contribution in [1.82, 2.24) is 0 Å².